The highest BCUT2D eigenvalue weighted by molar-refractivity contribution is 5.81. The number of hydrogen-bond acceptors (Lipinski definition) is 4. The minimum Gasteiger partial charge on any atom is -0.466 e. The van der Waals surface area contributed by atoms with E-state index < -0.39 is 0 Å². The molecule has 2 rings (SSSR count). The highest BCUT2D eigenvalue weighted by Crippen LogP contribution is 2.20. The second kappa shape index (κ2) is 3.96. The first-order valence-corrected chi connectivity index (χ1v) is 5.28. The Morgan fingerprint density at radius 1 is 1.53 bits per heavy atom. The minimum atomic E-state index is 0.229. The van der Waals surface area contributed by atoms with Crippen molar-refractivity contribution in [2.45, 2.75) is 26.8 Å². The molecule has 0 radical (unpaired) electrons. The van der Waals surface area contributed by atoms with Crippen molar-refractivity contribution in [2.24, 2.45) is 4.99 Å². The van der Waals surface area contributed by atoms with Gasteiger partial charge in [-0.2, -0.15) is 0 Å². The Labute approximate surface area is 89.8 Å². The van der Waals surface area contributed by atoms with Crippen molar-refractivity contribution in [1.82, 2.24) is 10.6 Å². The van der Waals surface area contributed by atoms with Crippen LogP contribution in [0.3, 0.4) is 0 Å². The van der Waals surface area contributed by atoms with Gasteiger partial charge in [0.15, 0.2) is 5.96 Å². The lowest BCUT2D eigenvalue weighted by Crippen LogP contribution is -2.35. The Hall–Kier alpha value is -1.45. The van der Waals surface area contributed by atoms with Crippen LogP contribution in [0.1, 0.15) is 30.0 Å². The Bertz CT molecular complexity index is 381. The first kappa shape index (κ1) is 10.1. The number of guanidine groups is 1. The molecular weight excluding hydrogens is 190 g/mol. The lowest BCUT2D eigenvalue weighted by Gasteiger charge is -2.14. The first-order valence-electron chi connectivity index (χ1n) is 5.28. The zero-order valence-electron chi connectivity index (χ0n) is 9.42. The molecule has 1 atom stereocenters. The third-order valence-electron chi connectivity index (χ3n) is 2.57. The Kier molecular flexibility index (Phi) is 2.66. The van der Waals surface area contributed by atoms with Gasteiger partial charge in [-0.1, -0.05) is 0 Å². The number of aliphatic imine (C=N–C) groups is 1. The van der Waals surface area contributed by atoms with Crippen LogP contribution in [0.2, 0.25) is 0 Å². The van der Waals surface area contributed by atoms with Gasteiger partial charge in [0.2, 0.25) is 0 Å². The van der Waals surface area contributed by atoms with Crippen LogP contribution < -0.4 is 10.6 Å². The summed E-state index contributed by atoms with van der Waals surface area (Å²) >= 11 is 0. The smallest absolute Gasteiger partial charge is 0.191 e. The second-order valence-corrected chi connectivity index (χ2v) is 3.89. The van der Waals surface area contributed by atoms with Gasteiger partial charge < -0.3 is 15.1 Å². The van der Waals surface area contributed by atoms with E-state index in [1.54, 1.807) is 0 Å². The van der Waals surface area contributed by atoms with E-state index in [1.165, 1.54) is 5.56 Å². The molecule has 0 aliphatic carbocycles. The van der Waals surface area contributed by atoms with Crippen molar-refractivity contribution < 1.29 is 4.42 Å². The molecule has 1 unspecified atom stereocenters. The van der Waals surface area contributed by atoms with Crippen molar-refractivity contribution in [3.63, 3.8) is 0 Å². The van der Waals surface area contributed by atoms with Gasteiger partial charge in [0.1, 0.15) is 11.5 Å². The van der Waals surface area contributed by atoms with E-state index in [4.69, 9.17) is 4.42 Å². The van der Waals surface area contributed by atoms with Gasteiger partial charge in [-0.05, 0) is 26.8 Å². The topological polar surface area (TPSA) is 49.6 Å². The maximum Gasteiger partial charge on any atom is 0.191 e. The number of nitrogens with zero attached hydrogens (tertiary/aromatic N) is 1. The van der Waals surface area contributed by atoms with Crippen molar-refractivity contribution in [2.75, 3.05) is 13.1 Å². The Morgan fingerprint density at radius 3 is 2.87 bits per heavy atom. The molecule has 2 heterocycles. The third-order valence-corrected chi connectivity index (χ3v) is 2.57. The average Bonchev–Trinajstić information content (AvgIpc) is 2.75. The van der Waals surface area contributed by atoms with E-state index in [9.17, 15) is 0 Å². The summed E-state index contributed by atoms with van der Waals surface area (Å²) in [6, 6.07) is 2.30. The summed E-state index contributed by atoms with van der Waals surface area (Å²) in [6.07, 6.45) is 0. The van der Waals surface area contributed by atoms with Crippen LogP contribution in [0.5, 0.6) is 0 Å². The van der Waals surface area contributed by atoms with Gasteiger partial charge in [0.25, 0.3) is 0 Å². The van der Waals surface area contributed by atoms with E-state index >= 15 is 0 Å². The van der Waals surface area contributed by atoms with Crippen molar-refractivity contribution in [3.05, 3.63) is 23.2 Å². The van der Waals surface area contributed by atoms with Crippen LogP contribution in [-0.2, 0) is 0 Å². The molecule has 0 saturated heterocycles. The van der Waals surface area contributed by atoms with Crippen LogP contribution in [-0.4, -0.2) is 19.0 Å². The summed E-state index contributed by atoms with van der Waals surface area (Å²) in [7, 11) is 0. The molecule has 1 aromatic heterocycles. The van der Waals surface area contributed by atoms with Gasteiger partial charge in [-0.15, -0.1) is 0 Å². The van der Waals surface area contributed by atoms with Crippen molar-refractivity contribution in [1.29, 1.82) is 0 Å². The summed E-state index contributed by atoms with van der Waals surface area (Å²) in [4.78, 5) is 4.30. The Morgan fingerprint density at radius 2 is 2.33 bits per heavy atom. The molecule has 0 bridgehead atoms. The SMILES string of the molecule is Cc1cc(C(C)NC2=NCCN2)c(C)o1. The highest BCUT2D eigenvalue weighted by atomic mass is 16.3. The van der Waals surface area contributed by atoms with Crippen LogP contribution in [0.25, 0.3) is 0 Å². The average molecular weight is 207 g/mol. The fourth-order valence-corrected chi connectivity index (χ4v) is 1.86. The molecule has 0 amide bonds. The molecule has 0 aromatic carbocycles. The number of rotatable bonds is 2. The summed E-state index contributed by atoms with van der Waals surface area (Å²) in [5.41, 5.74) is 1.20. The fourth-order valence-electron chi connectivity index (χ4n) is 1.86. The molecule has 15 heavy (non-hydrogen) atoms. The third kappa shape index (κ3) is 2.14. The molecule has 1 aromatic rings. The lowest BCUT2D eigenvalue weighted by molar-refractivity contribution is 0.497. The molecule has 1 aliphatic heterocycles. The van der Waals surface area contributed by atoms with Gasteiger partial charge in [0, 0.05) is 12.1 Å². The molecule has 0 fully saturated rings. The summed E-state index contributed by atoms with van der Waals surface area (Å²) in [6.45, 7) is 7.86. The van der Waals surface area contributed by atoms with E-state index in [1.807, 2.05) is 13.8 Å². The normalized spacial score (nSPS) is 17.1. The predicted molar refractivity (Wildman–Crippen MR) is 60.0 cm³/mol. The van der Waals surface area contributed by atoms with Crippen LogP contribution >= 0.6 is 0 Å². The quantitative estimate of drug-likeness (QED) is 0.772. The number of aryl methyl sites for hydroxylation is 2. The zero-order valence-corrected chi connectivity index (χ0v) is 9.42. The second-order valence-electron chi connectivity index (χ2n) is 3.89. The number of hydrogen-bond donors (Lipinski definition) is 2. The van der Waals surface area contributed by atoms with Crippen LogP contribution in [0, 0.1) is 13.8 Å². The molecular formula is C11H17N3O. The van der Waals surface area contributed by atoms with Gasteiger partial charge in [-0.3, -0.25) is 4.99 Å². The van der Waals surface area contributed by atoms with E-state index in [0.29, 0.717) is 0 Å². The Balaban J connectivity index is 2.07. The van der Waals surface area contributed by atoms with Gasteiger partial charge in [0.05, 0.1) is 12.6 Å². The lowest BCUT2D eigenvalue weighted by atomic mass is 10.1. The molecule has 4 nitrogen and oxygen atoms in total. The minimum absolute atomic E-state index is 0.229. The molecule has 1 aliphatic rings. The maximum absolute atomic E-state index is 5.50. The molecule has 2 N–H and O–H groups in total. The molecule has 4 heteroatoms. The van der Waals surface area contributed by atoms with E-state index in [0.717, 1.165) is 30.6 Å². The molecule has 82 valence electrons. The highest BCUT2D eigenvalue weighted by Gasteiger charge is 2.15. The summed E-state index contributed by atoms with van der Waals surface area (Å²) in [5.74, 6) is 2.82. The van der Waals surface area contributed by atoms with Crippen molar-refractivity contribution >= 4 is 5.96 Å². The zero-order chi connectivity index (χ0) is 10.8. The number of nitrogens with one attached hydrogen (secondary N) is 2. The van der Waals surface area contributed by atoms with Gasteiger partial charge >= 0.3 is 0 Å². The van der Waals surface area contributed by atoms with Crippen LogP contribution in [0.15, 0.2) is 15.5 Å². The molecule has 0 saturated carbocycles. The van der Waals surface area contributed by atoms with Crippen molar-refractivity contribution in [3.8, 4) is 0 Å². The van der Waals surface area contributed by atoms with Gasteiger partial charge in [-0.25, -0.2) is 0 Å². The first-order chi connectivity index (χ1) is 7.16. The fraction of sp³-hybridized carbons (Fsp3) is 0.545. The monoisotopic (exact) mass is 207 g/mol. The largest absolute Gasteiger partial charge is 0.466 e. The standard InChI is InChI=1S/C11H17N3O/c1-7-6-10(9(3)15-7)8(2)14-11-12-4-5-13-11/h6,8H,4-5H2,1-3H3,(H2,12,13,14). The van der Waals surface area contributed by atoms with Crippen LogP contribution in [0.4, 0.5) is 0 Å². The predicted octanol–water partition coefficient (Wildman–Crippen LogP) is 1.51. The summed E-state index contributed by atoms with van der Waals surface area (Å²) in [5, 5.41) is 6.52. The van der Waals surface area contributed by atoms with E-state index in [2.05, 4.69) is 28.6 Å². The number of furan rings is 1. The summed E-state index contributed by atoms with van der Waals surface area (Å²) < 4.78 is 5.50. The van der Waals surface area contributed by atoms with E-state index in [-0.39, 0.29) is 6.04 Å². The maximum atomic E-state index is 5.50. The molecule has 0 spiro atoms.